The van der Waals surface area contributed by atoms with Crippen LogP contribution in [-0.2, 0) is 21.8 Å². The molecular formula is C32H25FN6O3. The normalized spacial score (nSPS) is 16.4. The molecule has 1 atom stereocenters. The van der Waals surface area contributed by atoms with E-state index in [1.165, 1.54) is 17.0 Å². The van der Waals surface area contributed by atoms with Crippen LogP contribution >= 0.6 is 0 Å². The lowest BCUT2D eigenvalue weighted by Crippen LogP contribution is -2.54. The number of nitrogens with zero attached hydrogens (tertiary/aromatic N) is 4. The minimum Gasteiger partial charge on any atom is -0.497 e. The first-order chi connectivity index (χ1) is 20.5. The summed E-state index contributed by atoms with van der Waals surface area (Å²) in [6.45, 7) is 0.0758. The molecule has 1 unspecified atom stereocenters. The van der Waals surface area contributed by atoms with Gasteiger partial charge in [0.15, 0.2) is 11.6 Å². The molecule has 2 N–H and O–H groups in total. The zero-order valence-corrected chi connectivity index (χ0v) is 22.5. The number of hydrogen-bond donors (Lipinski definition) is 2. The summed E-state index contributed by atoms with van der Waals surface area (Å²) in [6, 6.07) is 28.3. The SMILES string of the molecule is COc1cccc(CNC(=O)CN2C(=O)C3(Nc4ccccc4-c4nc(-c5cccc(F)c5)nn43)c3ccccc32)c1. The van der Waals surface area contributed by atoms with Crippen molar-refractivity contribution in [2.45, 2.75) is 12.2 Å². The van der Waals surface area contributed by atoms with Gasteiger partial charge < -0.3 is 15.4 Å². The fourth-order valence-corrected chi connectivity index (χ4v) is 5.61. The topological polar surface area (TPSA) is 101 Å². The molecule has 1 spiro atoms. The van der Waals surface area contributed by atoms with Crippen LogP contribution in [0.25, 0.3) is 22.8 Å². The third-order valence-corrected chi connectivity index (χ3v) is 7.56. The van der Waals surface area contributed by atoms with Crippen molar-refractivity contribution < 1.29 is 18.7 Å². The average molecular weight is 561 g/mol. The summed E-state index contributed by atoms with van der Waals surface area (Å²) in [5.41, 5.74) is 2.49. The molecule has 1 aromatic heterocycles. The molecule has 0 saturated heterocycles. The highest BCUT2D eigenvalue weighted by molar-refractivity contribution is 6.13. The number of amides is 2. The van der Waals surface area contributed by atoms with Gasteiger partial charge in [0.2, 0.25) is 11.6 Å². The van der Waals surface area contributed by atoms with Crippen molar-refractivity contribution in [1.29, 1.82) is 0 Å². The van der Waals surface area contributed by atoms with Crippen LogP contribution in [0, 0.1) is 5.82 Å². The number of rotatable bonds is 6. The van der Waals surface area contributed by atoms with E-state index in [0.29, 0.717) is 34.1 Å². The maximum atomic E-state index is 14.5. The third kappa shape index (κ3) is 3.99. The van der Waals surface area contributed by atoms with Crippen LogP contribution in [0.3, 0.4) is 0 Å². The first-order valence-corrected chi connectivity index (χ1v) is 13.4. The van der Waals surface area contributed by atoms with Crippen LogP contribution in [0.4, 0.5) is 15.8 Å². The number of nitrogens with one attached hydrogen (secondary N) is 2. The Labute approximate surface area is 240 Å². The molecule has 2 aliphatic heterocycles. The van der Waals surface area contributed by atoms with Crippen molar-refractivity contribution in [3.05, 3.63) is 114 Å². The number of aromatic nitrogens is 3. The quantitative estimate of drug-likeness (QED) is 0.316. The molecule has 0 saturated carbocycles. The van der Waals surface area contributed by atoms with Gasteiger partial charge in [-0.05, 0) is 48.0 Å². The van der Waals surface area contributed by atoms with Gasteiger partial charge in [0.1, 0.15) is 18.1 Å². The number of ether oxygens (including phenoxy) is 1. The van der Waals surface area contributed by atoms with E-state index in [-0.39, 0.29) is 30.7 Å². The van der Waals surface area contributed by atoms with Crippen molar-refractivity contribution in [3.63, 3.8) is 0 Å². The highest BCUT2D eigenvalue weighted by Gasteiger charge is 2.57. The van der Waals surface area contributed by atoms with Gasteiger partial charge in [-0.15, -0.1) is 5.10 Å². The van der Waals surface area contributed by atoms with E-state index in [1.807, 2.05) is 72.8 Å². The van der Waals surface area contributed by atoms with Crippen LogP contribution in [0.15, 0.2) is 97.1 Å². The smallest absolute Gasteiger partial charge is 0.281 e. The number of carbonyl (C=O) groups is 2. The molecule has 4 aromatic carbocycles. The van der Waals surface area contributed by atoms with Gasteiger partial charge in [0.25, 0.3) is 5.91 Å². The highest BCUT2D eigenvalue weighted by atomic mass is 19.1. The van der Waals surface area contributed by atoms with E-state index < -0.39 is 11.5 Å². The Hall–Kier alpha value is -5.51. The number of fused-ring (bicyclic) bond motifs is 6. The van der Waals surface area contributed by atoms with Crippen LogP contribution in [0.2, 0.25) is 0 Å². The first kappa shape index (κ1) is 25.5. The van der Waals surface area contributed by atoms with Crippen LogP contribution in [0.1, 0.15) is 11.1 Å². The first-order valence-electron chi connectivity index (χ1n) is 13.4. The summed E-state index contributed by atoms with van der Waals surface area (Å²) >= 11 is 0. The zero-order valence-electron chi connectivity index (χ0n) is 22.5. The highest BCUT2D eigenvalue weighted by Crippen LogP contribution is 2.49. The molecule has 208 valence electrons. The molecule has 2 amide bonds. The second-order valence-corrected chi connectivity index (χ2v) is 10.1. The van der Waals surface area contributed by atoms with Crippen molar-refractivity contribution in [1.82, 2.24) is 20.1 Å². The second-order valence-electron chi connectivity index (χ2n) is 10.1. The molecule has 2 aliphatic rings. The van der Waals surface area contributed by atoms with E-state index in [2.05, 4.69) is 10.6 Å². The lowest BCUT2D eigenvalue weighted by atomic mass is 9.96. The number of benzene rings is 4. The lowest BCUT2D eigenvalue weighted by molar-refractivity contribution is -0.126. The number of halogens is 1. The summed E-state index contributed by atoms with van der Waals surface area (Å²) in [6.07, 6.45) is 0. The van der Waals surface area contributed by atoms with E-state index >= 15 is 0 Å². The van der Waals surface area contributed by atoms with Gasteiger partial charge in [-0.3, -0.25) is 14.5 Å². The van der Waals surface area contributed by atoms with Crippen LogP contribution in [-0.4, -0.2) is 40.2 Å². The van der Waals surface area contributed by atoms with E-state index in [0.717, 1.165) is 11.1 Å². The average Bonchev–Trinajstić information content (AvgIpc) is 3.57. The van der Waals surface area contributed by atoms with E-state index in [1.54, 1.807) is 23.9 Å². The minimum atomic E-state index is -1.51. The molecule has 0 fully saturated rings. The van der Waals surface area contributed by atoms with Gasteiger partial charge in [-0.25, -0.2) is 14.1 Å². The number of anilines is 2. The summed E-state index contributed by atoms with van der Waals surface area (Å²) in [4.78, 5) is 34.0. The van der Waals surface area contributed by atoms with Crippen molar-refractivity contribution in [2.24, 2.45) is 0 Å². The van der Waals surface area contributed by atoms with Crippen LogP contribution in [0.5, 0.6) is 5.75 Å². The summed E-state index contributed by atoms with van der Waals surface area (Å²) < 4.78 is 21.0. The Morgan fingerprint density at radius 2 is 1.81 bits per heavy atom. The maximum absolute atomic E-state index is 14.5. The number of para-hydroxylation sites is 2. The van der Waals surface area contributed by atoms with Gasteiger partial charge in [-0.2, -0.15) is 0 Å². The fraction of sp³-hybridized carbons (Fsp3) is 0.125. The molecule has 7 rings (SSSR count). The van der Waals surface area contributed by atoms with Gasteiger partial charge >= 0.3 is 0 Å². The molecule has 10 heteroatoms. The van der Waals surface area contributed by atoms with Crippen LogP contribution < -0.4 is 20.3 Å². The summed E-state index contributed by atoms with van der Waals surface area (Å²) in [5, 5.41) is 11.1. The Morgan fingerprint density at radius 1 is 1.00 bits per heavy atom. The second kappa shape index (κ2) is 9.84. The minimum absolute atomic E-state index is 0.203. The molecule has 0 radical (unpaired) electrons. The molecule has 0 aliphatic carbocycles. The Bertz CT molecular complexity index is 1870. The Morgan fingerprint density at radius 3 is 2.67 bits per heavy atom. The predicted octanol–water partition coefficient (Wildman–Crippen LogP) is 4.55. The molecular weight excluding hydrogens is 535 g/mol. The predicted molar refractivity (Wildman–Crippen MR) is 155 cm³/mol. The standard InChI is InChI=1S/C32H25FN6O3/c1-42-23-11-6-8-20(16-23)18-34-28(40)19-38-27-15-5-3-13-25(27)32(31(38)41)36-26-14-4-2-12-24(26)30-35-29(37-39(30)32)21-9-7-10-22(33)17-21/h2-17,36H,18-19H2,1H3,(H,34,40). The van der Waals surface area contributed by atoms with Crippen molar-refractivity contribution in [3.8, 4) is 28.5 Å². The monoisotopic (exact) mass is 560 g/mol. The Balaban J connectivity index is 1.28. The van der Waals surface area contributed by atoms with Gasteiger partial charge in [-0.1, -0.05) is 54.6 Å². The molecule has 3 heterocycles. The molecule has 5 aromatic rings. The number of methoxy groups -OCH3 is 1. The zero-order chi connectivity index (χ0) is 28.8. The van der Waals surface area contributed by atoms with E-state index in [9.17, 15) is 14.0 Å². The number of hydrogen-bond acceptors (Lipinski definition) is 6. The summed E-state index contributed by atoms with van der Waals surface area (Å²) in [5.74, 6) is 0.303. The largest absolute Gasteiger partial charge is 0.497 e. The van der Waals surface area contributed by atoms with Crippen molar-refractivity contribution >= 4 is 23.2 Å². The van der Waals surface area contributed by atoms with E-state index in [4.69, 9.17) is 14.8 Å². The Kier molecular flexibility index (Phi) is 5.97. The maximum Gasteiger partial charge on any atom is 0.281 e. The summed E-state index contributed by atoms with van der Waals surface area (Å²) in [7, 11) is 1.59. The molecule has 9 nitrogen and oxygen atoms in total. The number of carbonyl (C=O) groups excluding carboxylic acids is 2. The lowest BCUT2D eigenvalue weighted by Gasteiger charge is -2.36. The molecule has 0 bridgehead atoms. The van der Waals surface area contributed by atoms with Gasteiger partial charge in [0, 0.05) is 28.9 Å². The molecule has 42 heavy (non-hydrogen) atoms. The fourth-order valence-electron chi connectivity index (χ4n) is 5.61. The third-order valence-electron chi connectivity index (χ3n) is 7.56. The van der Waals surface area contributed by atoms with Gasteiger partial charge in [0.05, 0.1) is 12.8 Å². The van der Waals surface area contributed by atoms with Crippen molar-refractivity contribution in [2.75, 3.05) is 23.9 Å².